The van der Waals surface area contributed by atoms with Gasteiger partial charge in [-0.2, -0.15) is 29.6 Å². The van der Waals surface area contributed by atoms with E-state index < -0.39 is 12.1 Å². The second kappa shape index (κ2) is 8.46. The molecular weight excluding hydrogens is 431 g/mol. The molecule has 0 spiro atoms. The van der Waals surface area contributed by atoms with E-state index in [1.54, 1.807) is 11.3 Å². The van der Waals surface area contributed by atoms with Crippen LogP contribution in [0.5, 0.6) is 0 Å². The number of rotatable bonds is 3. The van der Waals surface area contributed by atoms with Crippen molar-refractivity contribution in [1.82, 2.24) is 24.2 Å². The number of aryl methyl sites for hydroxylation is 1. The summed E-state index contributed by atoms with van der Waals surface area (Å²) in [4.78, 5) is 16.2. The molecule has 1 saturated heterocycles. The summed E-state index contributed by atoms with van der Waals surface area (Å²) in [5, 5.41) is 15.9. The highest BCUT2D eigenvalue weighted by Gasteiger charge is 2.39. The number of hydrogen-bond donors (Lipinski definition) is 1. The maximum Gasteiger partial charge on any atom is 0.490 e. The Kier molecular flexibility index (Phi) is 5.89. The molecule has 2 atom stereocenters. The van der Waals surface area contributed by atoms with Gasteiger partial charge in [-0.1, -0.05) is 0 Å². The molecule has 0 aromatic carbocycles. The average molecular weight is 453 g/mol. The van der Waals surface area contributed by atoms with Crippen molar-refractivity contribution in [2.24, 2.45) is 18.9 Å². The number of hydrogen-bond acceptors (Lipinski definition) is 5. The van der Waals surface area contributed by atoms with Gasteiger partial charge in [-0.3, -0.25) is 9.58 Å². The molecule has 1 N–H and O–H groups in total. The average Bonchev–Trinajstić information content (AvgIpc) is 3.46. The molecule has 0 bridgehead atoms. The first-order valence-corrected chi connectivity index (χ1v) is 10.7. The number of carboxylic acids is 1. The van der Waals surface area contributed by atoms with E-state index in [2.05, 4.69) is 37.6 Å². The Bertz CT molecular complexity index is 1040. The third kappa shape index (κ3) is 4.82. The van der Waals surface area contributed by atoms with Gasteiger partial charge in [0.05, 0.1) is 18.1 Å². The van der Waals surface area contributed by atoms with Crippen LogP contribution in [0, 0.1) is 11.8 Å². The Morgan fingerprint density at radius 1 is 1.26 bits per heavy atom. The Morgan fingerprint density at radius 2 is 2.00 bits per heavy atom. The number of likely N-dealkylation sites (tertiary alicyclic amines) is 1. The molecule has 0 radical (unpaired) electrons. The zero-order chi connectivity index (χ0) is 22.2. The van der Waals surface area contributed by atoms with E-state index >= 15 is 0 Å². The van der Waals surface area contributed by atoms with Gasteiger partial charge in [0.15, 0.2) is 0 Å². The van der Waals surface area contributed by atoms with E-state index in [0.717, 1.165) is 31.3 Å². The monoisotopic (exact) mass is 453 g/mol. The molecular formula is C20H22F3N5O2S. The number of thiophene rings is 1. The summed E-state index contributed by atoms with van der Waals surface area (Å²) in [5.74, 6) is -0.0268. The lowest BCUT2D eigenvalue weighted by Gasteiger charge is -2.26. The van der Waals surface area contributed by atoms with Gasteiger partial charge in [-0.15, -0.1) is 0 Å². The van der Waals surface area contributed by atoms with Gasteiger partial charge in [0.1, 0.15) is 5.82 Å². The first-order valence-electron chi connectivity index (χ1n) is 9.77. The third-order valence-corrected chi connectivity index (χ3v) is 6.41. The second-order valence-corrected chi connectivity index (χ2v) is 8.71. The lowest BCUT2D eigenvalue weighted by Crippen LogP contribution is -2.28. The lowest BCUT2D eigenvalue weighted by molar-refractivity contribution is -0.192. The van der Waals surface area contributed by atoms with E-state index in [9.17, 15) is 13.2 Å². The van der Waals surface area contributed by atoms with Crippen LogP contribution >= 0.6 is 11.3 Å². The number of alkyl halides is 3. The summed E-state index contributed by atoms with van der Waals surface area (Å²) in [6, 6.07) is 2.25. The number of aromatic nitrogens is 4. The van der Waals surface area contributed by atoms with Crippen molar-refractivity contribution >= 4 is 17.3 Å². The first-order chi connectivity index (χ1) is 14.7. The maximum atomic E-state index is 10.6. The summed E-state index contributed by atoms with van der Waals surface area (Å²) in [6.45, 7) is 4.58. The van der Waals surface area contributed by atoms with Gasteiger partial charge >= 0.3 is 12.1 Å². The van der Waals surface area contributed by atoms with Crippen LogP contribution in [0.4, 0.5) is 13.2 Å². The number of fused-ring (bicyclic) bond motifs is 2. The van der Waals surface area contributed by atoms with Crippen LogP contribution in [0.2, 0.25) is 0 Å². The predicted octanol–water partition coefficient (Wildman–Crippen LogP) is 3.28. The molecule has 11 heteroatoms. The molecule has 2 aliphatic rings. The number of carboxylic acid groups (broad SMARTS) is 1. The maximum absolute atomic E-state index is 10.6. The fraction of sp³-hybridized carbons (Fsp3) is 0.450. The van der Waals surface area contributed by atoms with E-state index in [-0.39, 0.29) is 0 Å². The highest BCUT2D eigenvalue weighted by Crippen LogP contribution is 2.35. The van der Waals surface area contributed by atoms with Crippen molar-refractivity contribution in [3.05, 3.63) is 46.8 Å². The predicted molar refractivity (Wildman–Crippen MR) is 108 cm³/mol. The Balaban J connectivity index is 0.000000289. The SMILES string of the molecule is Cn1cc(-c2cnc3n2CC2CN(Cc4ccsc4)CC2C3)cn1.O=C(O)C(F)(F)F. The Morgan fingerprint density at radius 3 is 2.61 bits per heavy atom. The van der Waals surface area contributed by atoms with Gasteiger partial charge in [0, 0.05) is 51.4 Å². The summed E-state index contributed by atoms with van der Waals surface area (Å²) in [6.07, 6.45) is 2.06. The Labute approximate surface area is 180 Å². The van der Waals surface area contributed by atoms with Crippen LogP contribution in [0.3, 0.4) is 0 Å². The van der Waals surface area contributed by atoms with Gasteiger partial charge in [-0.25, -0.2) is 9.78 Å². The fourth-order valence-electron chi connectivity index (χ4n) is 4.28. The molecule has 0 aliphatic carbocycles. The van der Waals surface area contributed by atoms with E-state index in [1.807, 2.05) is 24.1 Å². The zero-order valence-electron chi connectivity index (χ0n) is 16.8. The highest BCUT2D eigenvalue weighted by atomic mass is 32.1. The first kappa shape index (κ1) is 21.6. The Hall–Kier alpha value is -2.66. The molecule has 7 nitrogen and oxygen atoms in total. The van der Waals surface area contributed by atoms with Gasteiger partial charge in [0.2, 0.25) is 0 Å². The van der Waals surface area contributed by atoms with Crippen molar-refractivity contribution in [2.75, 3.05) is 13.1 Å². The quantitative estimate of drug-likeness (QED) is 0.659. The molecule has 3 aromatic heterocycles. The highest BCUT2D eigenvalue weighted by molar-refractivity contribution is 7.07. The molecule has 1 fully saturated rings. The molecule has 2 aliphatic heterocycles. The van der Waals surface area contributed by atoms with Gasteiger partial charge in [0.25, 0.3) is 0 Å². The lowest BCUT2D eigenvalue weighted by atomic mass is 9.89. The number of nitrogens with zero attached hydrogens (tertiary/aromatic N) is 5. The van der Waals surface area contributed by atoms with Crippen molar-refractivity contribution in [1.29, 1.82) is 0 Å². The van der Waals surface area contributed by atoms with Crippen LogP contribution in [0.15, 0.2) is 35.4 Å². The molecule has 5 heterocycles. The minimum absolute atomic E-state index is 0.737. The zero-order valence-corrected chi connectivity index (χ0v) is 17.6. The smallest absolute Gasteiger partial charge is 0.475 e. The normalized spacial score (nSPS) is 20.6. The molecule has 166 valence electrons. The van der Waals surface area contributed by atoms with E-state index in [4.69, 9.17) is 14.9 Å². The molecule has 31 heavy (non-hydrogen) atoms. The summed E-state index contributed by atoms with van der Waals surface area (Å²) < 4.78 is 36.0. The topological polar surface area (TPSA) is 76.2 Å². The molecule has 3 aromatic rings. The van der Waals surface area contributed by atoms with Crippen LogP contribution in [0.25, 0.3) is 11.3 Å². The second-order valence-electron chi connectivity index (χ2n) is 7.93. The van der Waals surface area contributed by atoms with E-state index in [1.165, 1.54) is 35.7 Å². The fourth-order valence-corrected chi connectivity index (χ4v) is 4.94. The van der Waals surface area contributed by atoms with Crippen LogP contribution < -0.4 is 0 Å². The van der Waals surface area contributed by atoms with Gasteiger partial charge < -0.3 is 9.67 Å². The van der Waals surface area contributed by atoms with Crippen molar-refractivity contribution in [2.45, 2.75) is 25.7 Å². The van der Waals surface area contributed by atoms with Crippen LogP contribution in [-0.4, -0.2) is 54.6 Å². The minimum Gasteiger partial charge on any atom is -0.475 e. The molecule has 2 unspecified atom stereocenters. The molecule has 5 rings (SSSR count). The number of imidazole rings is 1. The molecule has 0 amide bonds. The number of aliphatic carboxylic acids is 1. The van der Waals surface area contributed by atoms with Gasteiger partial charge in [-0.05, 0) is 34.2 Å². The standard InChI is InChI=1S/C18H21N5S.C2HF3O2/c1-21-8-15(5-20-21)17-6-19-18-4-14-9-22(7-13-2-3-24-12-13)10-16(14)11-23(17)18;3-2(4,5)1(6)7/h2-3,5-6,8,12,14,16H,4,7,9-11H2,1H3;(H,6,7). The van der Waals surface area contributed by atoms with Crippen LogP contribution in [-0.2, 0) is 31.4 Å². The van der Waals surface area contributed by atoms with Crippen LogP contribution in [0.1, 0.15) is 11.4 Å². The van der Waals surface area contributed by atoms with Crippen molar-refractivity contribution in [3.63, 3.8) is 0 Å². The third-order valence-electron chi connectivity index (χ3n) is 5.68. The summed E-state index contributed by atoms with van der Waals surface area (Å²) in [7, 11) is 1.96. The minimum atomic E-state index is -5.08. The number of carbonyl (C=O) groups is 1. The van der Waals surface area contributed by atoms with Crippen molar-refractivity contribution in [3.8, 4) is 11.3 Å². The summed E-state index contributed by atoms with van der Waals surface area (Å²) >= 11 is 1.79. The number of halogens is 3. The molecule has 0 saturated carbocycles. The largest absolute Gasteiger partial charge is 0.490 e. The summed E-state index contributed by atoms with van der Waals surface area (Å²) in [5.41, 5.74) is 3.84. The van der Waals surface area contributed by atoms with E-state index in [0.29, 0.717) is 0 Å². The van der Waals surface area contributed by atoms with Crippen molar-refractivity contribution < 1.29 is 23.1 Å².